The number of ether oxygens (including phenoxy) is 2. The van der Waals surface area contributed by atoms with Gasteiger partial charge in [-0.15, -0.1) is 3.71 Å². The first-order valence-corrected chi connectivity index (χ1v) is 12.6. The SMILES string of the molecule is CCN(Sc1ccc(Oc2ccc(C)cc2)cc1)S(=O)(=O)c1cc(C)c(C)c(C(=O)OC)c1. The third kappa shape index (κ3) is 5.76. The van der Waals surface area contributed by atoms with Crippen LogP contribution in [0.1, 0.15) is 34.0 Å². The van der Waals surface area contributed by atoms with Crippen LogP contribution in [0.2, 0.25) is 0 Å². The highest BCUT2D eigenvalue weighted by atomic mass is 32.3. The van der Waals surface area contributed by atoms with Crippen molar-refractivity contribution >= 4 is 27.9 Å². The van der Waals surface area contributed by atoms with E-state index in [4.69, 9.17) is 9.47 Å². The van der Waals surface area contributed by atoms with E-state index in [0.717, 1.165) is 28.2 Å². The van der Waals surface area contributed by atoms with Gasteiger partial charge in [-0.05, 0) is 92.4 Å². The minimum atomic E-state index is -3.86. The van der Waals surface area contributed by atoms with E-state index in [0.29, 0.717) is 16.9 Å². The van der Waals surface area contributed by atoms with Gasteiger partial charge in [-0.25, -0.2) is 13.2 Å². The van der Waals surface area contributed by atoms with Crippen molar-refractivity contribution in [2.45, 2.75) is 37.5 Å². The summed E-state index contributed by atoms with van der Waals surface area (Å²) >= 11 is 1.11. The normalized spacial score (nSPS) is 11.5. The van der Waals surface area contributed by atoms with E-state index >= 15 is 0 Å². The molecule has 0 aliphatic rings. The highest BCUT2D eigenvalue weighted by molar-refractivity contribution is 8.08. The van der Waals surface area contributed by atoms with Crippen molar-refractivity contribution in [3.8, 4) is 11.5 Å². The van der Waals surface area contributed by atoms with Crippen LogP contribution in [0.25, 0.3) is 0 Å². The number of esters is 1. The summed E-state index contributed by atoms with van der Waals surface area (Å²) in [7, 11) is -2.58. The smallest absolute Gasteiger partial charge is 0.338 e. The Labute approximate surface area is 199 Å². The van der Waals surface area contributed by atoms with Crippen molar-refractivity contribution in [3.05, 3.63) is 82.9 Å². The van der Waals surface area contributed by atoms with E-state index in [-0.39, 0.29) is 17.0 Å². The van der Waals surface area contributed by atoms with Crippen molar-refractivity contribution < 1.29 is 22.7 Å². The molecule has 0 aromatic heterocycles. The van der Waals surface area contributed by atoms with Crippen LogP contribution in [0.15, 0.2) is 70.5 Å². The fraction of sp³-hybridized carbons (Fsp3) is 0.240. The van der Waals surface area contributed by atoms with Gasteiger partial charge in [0, 0.05) is 11.4 Å². The highest BCUT2D eigenvalue weighted by Crippen LogP contribution is 2.32. The van der Waals surface area contributed by atoms with E-state index in [2.05, 4.69) is 0 Å². The Hall–Kier alpha value is -2.81. The quantitative estimate of drug-likeness (QED) is 0.292. The van der Waals surface area contributed by atoms with Crippen molar-refractivity contribution in [2.75, 3.05) is 13.7 Å². The Morgan fingerprint density at radius 2 is 1.52 bits per heavy atom. The van der Waals surface area contributed by atoms with Gasteiger partial charge < -0.3 is 9.47 Å². The molecule has 3 aromatic carbocycles. The third-order valence-electron chi connectivity index (χ3n) is 5.16. The number of rotatable bonds is 8. The third-order valence-corrected chi connectivity index (χ3v) is 8.54. The van der Waals surface area contributed by atoms with Crippen molar-refractivity contribution in [3.63, 3.8) is 0 Å². The number of benzene rings is 3. The van der Waals surface area contributed by atoms with Crippen LogP contribution >= 0.6 is 11.9 Å². The molecular formula is C25H27NO5S2. The van der Waals surface area contributed by atoms with Gasteiger partial charge in [-0.3, -0.25) is 0 Å². The summed E-state index contributed by atoms with van der Waals surface area (Å²) in [6.07, 6.45) is 0. The van der Waals surface area contributed by atoms with Crippen molar-refractivity contribution in [1.82, 2.24) is 3.71 Å². The first-order valence-electron chi connectivity index (χ1n) is 10.4. The van der Waals surface area contributed by atoms with Crippen LogP contribution in [0, 0.1) is 20.8 Å². The van der Waals surface area contributed by atoms with E-state index in [9.17, 15) is 13.2 Å². The molecule has 33 heavy (non-hydrogen) atoms. The number of methoxy groups -OCH3 is 1. The molecule has 6 nitrogen and oxygen atoms in total. The molecule has 8 heteroatoms. The van der Waals surface area contributed by atoms with Crippen LogP contribution in [-0.2, 0) is 14.8 Å². The second kappa shape index (κ2) is 10.4. The first-order chi connectivity index (χ1) is 15.6. The second-order valence-corrected chi connectivity index (χ2v) is 10.7. The molecule has 0 amide bonds. The maximum absolute atomic E-state index is 13.4. The van der Waals surface area contributed by atoms with Gasteiger partial charge in [0.05, 0.1) is 17.6 Å². The summed E-state index contributed by atoms with van der Waals surface area (Å²) < 4.78 is 38.7. The number of hydrogen-bond acceptors (Lipinski definition) is 6. The first kappa shape index (κ1) is 24.8. The molecule has 0 unspecified atom stereocenters. The largest absolute Gasteiger partial charge is 0.465 e. The molecule has 0 saturated heterocycles. The lowest BCUT2D eigenvalue weighted by Crippen LogP contribution is -2.25. The number of aryl methyl sites for hydroxylation is 2. The second-order valence-electron chi connectivity index (χ2n) is 7.51. The fourth-order valence-corrected chi connectivity index (χ4v) is 5.83. The zero-order valence-corrected chi connectivity index (χ0v) is 20.9. The summed E-state index contributed by atoms with van der Waals surface area (Å²) in [6, 6.07) is 17.9. The van der Waals surface area contributed by atoms with E-state index in [1.807, 2.05) is 43.3 Å². The zero-order chi connectivity index (χ0) is 24.2. The highest BCUT2D eigenvalue weighted by Gasteiger charge is 2.27. The maximum Gasteiger partial charge on any atom is 0.338 e. The Bertz CT molecular complexity index is 1240. The minimum absolute atomic E-state index is 0.0553. The van der Waals surface area contributed by atoms with E-state index < -0.39 is 16.0 Å². The fourth-order valence-electron chi connectivity index (χ4n) is 3.13. The minimum Gasteiger partial charge on any atom is -0.465 e. The number of hydrogen-bond donors (Lipinski definition) is 0. The lowest BCUT2D eigenvalue weighted by Gasteiger charge is -2.20. The van der Waals surface area contributed by atoms with Crippen LogP contribution in [0.5, 0.6) is 11.5 Å². The van der Waals surface area contributed by atoms with Crippen molar-refractivity contribution in [1.29, 1.82) is 0 Å². The van der Waals surface area contributed by atoms with E-state index in [1.165, 1.54) is 16.9 Å². The Kier molecular flexibility index (Phi) is 7.84. The van der Waals surface area contributed by atoms with Gasteiger partial charge in [0.15, 0.2) is 0 Å². The number of nitrogens with zero attached hydrogens (tertiary/aromatic N) is 1. The lowest BCUT2D eigenvalue weighted by molar-refractivity contribution is 0.0599. The van der Waals surface area contributed by atoms with Gasteiger partial charge in [0.1, 0.15) is 11.5 Å². The molecule has 0 spiro atoms. The number of sulfonamides is 1. The zero-order valence-electron chi connectivity index (χ0n) is 19.3. The topological polar surface area (TPSA) is 72.9 Å². The van der Waals surface area contributed by atoms with Crippen LogP contribution in [0.4, 0.5) is 0 Å². The summed E-state index contributed by atoms with van der Waals surface area (Å²) in [5, 5.41) is 0. The molecule has 0 fully saturated rings. The van der Waals surface area contributed by atoms with Crippen LogP contribution < -0.4 is 4.74 Å². The van der Waals surface area contributed by atoms with Gasteiger partial charge in [0.2, 0.25) is 0 Å². The predicted molar refractivity (Wildman–Crippen MR) is 130 cm³/mol. The van der Waals surface area contributed by atoms with Crippen molar-refractivity contribution in [2.24, 2.45) is 0 Å². The molecule has 3 rings (SSSR count). The van der Waals surface area contributed by atoms with Gasteiger partial charge in [0.25, 0.3) is 10.0 Å². The summed E-state index contributed by atoms with van der Waals surface area (Å²) in [6.45, 7) is 7.57. The molecule has 0 aliphatic heterocycles. The standard InChI is InChI=1S/C25H27NO5S2/c1-6-26(33(28,29)23-15-18(3)19(4)24(16-23)25(27)30-5)32-22-13-11-21(12-14-22)31-20-9-7-17(2)8-10-20/h7-16H,6H2,1-5H3. The molecule has 0 bridgehead atoms. The molecule has 0 saturated carbocycles. The number of carbonyl (C=O) groups excluding carboxylic acids is 1. The average molecular weight is 486 g/mol. The summed E-state index contributed by atoms with van der Waals surface area (Å²) in [5.74, 6) is 0.827. The predicted octanol–water partition coefficient (Wildman–Crippen LogP) is 5.91. The van der Waals surface area contributed by atoms with Gasteiger partial charge >= 0.3 is 5.97 Å². The molecular weight excluding hydrogens is 458 g/mol. The summed E-state index contributed by atoms with van der Waals surface area (Å²) in [4.78, 5) is 12.9. The Balaban J connectivity index is 1.82. The monoisotopic (exact) mass is 485 g/mol. The van der Waals surface area contributed by atoms with Gasteiger partial charge in [-0.2, -0.15) is 0 Å². The summed E-state index contributed by atoms with van der Waals surface area (Å²) in [5.41, 5.74) is 2.79. The lowest BCUT2D eigenvalue weighted by atomic mass is 10.0. The van der Waals surface area contributed by atoms with Gasteiger partial charge in [-0.1, -0.05) is 24.6 Å². The van der Waals surface area contributed by atoms with E-state index in [1.54, 1.807) is 39.0 Å². The van der Waals surface area contributed by atoms with Crippen LogP contribution in [0.3, 0.4) is 0 Å². The Morgan fingerprint density at radius 1 is 0.939 bits per heavy atom. The molecule has 0 N–H and O–H groups in total. The molecule has 0 radical (unpaired) electrons. The molecule has 3 aromatic rings. The Morgan fingerprint density at radius 3 is 2.06 bits per heavy atom. The van der Waals surface area contributed by atoms with Crippen LogP contribution in [-0.4, -0.2) is 31.8 Å². The molecule has 0 aliphatic carbocycles. The molecule has 0 atom stereocenters. The average Bonchev–Trinajstić information content (AvgIpc) is 2.80. The molecule has 0 heterocycles. The number of carbonyl (C=O) groups is 1. The maximum atomic E-state index is 13.4. The molecule has 174 valence electrons.